The van der Waals surface area contributed by atoms with E-state index in [2.05, 4.69) is 33.0 Å². The average Bonchev–Trinajstić information content (AvgIpc) is 2.89. The molecule has 0 bridgehead atoms. The molecule has 4 atom stereocenters. The summed E-state index contributed by atoms with van der Waals surface area (Å²) in [5.41, 5.74) is 6.18. The zero-order valence-electron chi connectivity index (χ0n) is 13.6. The van der Waals surface area contributed by atoms with E-state index in [-0.39, 0.29) is 23.3 Å². The minimum Gasteiger partial charge on any atom is -0.353 e. The fourth-order valence-electron chi connectivity index (χ4n) is 4.22. The summed E-state index contributed by atoms with van der Waals surface area (Å²) in [5.74, 6) is 1.45. The minimum atomic E-state index is -0.00283. The Morgan fingerprint density at radius 2 is 1.80 bits per heavy atom. The first-order valence-corrected chi connectivity index (χ1v) is 8.40. The van der Waals surface area contributed by atoms with Gasteiger partial charge in [0, 0.05) is 18.0 Å². The zero-order chi connectivity index (χ0) is 14.9. The molecule has 0 radical (unpaired) electrons. The van der Waals surface area contributed by atoms with Gasteiger partial charge in [-0.1, -0.05) is 33.6 Å². The van der Waals surface area contributed by atoms with Gasteiger partial charge in [-0.2, -0.15) is 0 Å². The quantitative estimate of drug-likeness (QED) is 0.834. The van der Waals surface area contributed by atoms with Gasteiger partial charge < -0.3 is 11.1 Å². The van der Waals surface area contributed by atoms with Gasteiger partial charge in [0.25, 0.3) is 0 Å². The third kappa shape index (κ3) is 3.03. The Morgan fingerprint density at radius 3 is 2.40 bits per heavy atom. The van der Waals surface area contributed by atoms with E-state index in [1.807, 2.05) is 0 Å². The number of carbonyl (C=O) groups excluding carboxylic acids is 1. The maximum absolute atomic E-state index is 12.7. The molecule has 1 amide bonds. The molecule has 3 unspecified atom stereocenters. The summed E-state index contributed by atoms with van der Waals surface area (Å²) in [5, 5.41) is 3.30. The van der Waals surface area contributed by atoms with Gasteiger partial charge in [-0.05, 0) is 49.9 Å². The molecule has 3 nitrogen and oxygen atoms in total. The highest BCUT2D eigenvalue weighted by Crippen LogP contribution is 2.44. The Kier molecular flexibility index (Phi) is 4.78. The summed E-state index contributed by atoms with van der Waals surface area (Å²) in [6, 6.07) is 0.563. The highest BCUT2D eigenvalue weighted by molar-refractivity contribution is 5.80. The van der Waals surface area contributed by atoms with Gasteiger partial charge in [0.1, 0.15) is 0 Å². The summed E-state index contributed by atoms with van der Waals surface area (Å²) in [6.07, 6.45) is 7.10. The fraction of sp³-hybridized carbons (Fsp3) is 0.941. The number of rotatable bonds is 3. The van der Waals surface area contributed by atoms with Crippen molar-refractivity contribution in [1.82, 2.24) is 5.32 Å². The predicted octanol–water partition coefficient (Wildman–Crippen LogP) is 3.08. The van der Waals surface area contributed by atoms with E-state index in [4.69, 9.17) is 5.73 Å². The summed E-state index contributed by atoms with van der Waals surface area (Å²) in [6.45, 7) is 8.80. The number of nitrogens with one attached hydrogen (secondary N) is 1. The summed E-state index contributed by atoms with van der Waals surface area (Å²) in [4.78, 5) is 12.7. The maximum atomic E-state index is 12.7. The van der Waals surface area contributed by atoms with Gasteiger partial charge in [0.15, 0.2) is 0 Å². The van der Waals surface area contributed by atoms with Crippen molar-refractivity contribution in [3.8, 4) is 0 Å². The SMILES string of the molecule is CC1C(N)CCC(C(=O)N[C@@H](C)C2CCCC2)C1(C)C. The lowest BCUT2D eigenvalue weighted by Crippen LogP contribution is -2.53. The lowest BCUT2D eigenvalue weighted by Gasteiger charge is -2.46. The van der Waals surface area contributed by atoms with Gasteiger partial charge in [0.05, 0.1) is 0 Å². The molecule has 2 fully saturated rings. The van der Waals surface area contributed by atoms with Crippen LogP contribution in [0.1, 0.15) is 66.2 Å². The monoisotopic (exact) mass is 280 g/mol. The molecule has 0 heterocycles. The van der Waals surface area contributed by atoms with Crippen LogP contribution in [0.25, 0.3) is 0 Å². The molecule has 3 heteroatoms. The molecule has 2 rings (SSSR count). The van der Waals surface area contributed by atoms with E-state index < -0.39 is 0 Å². The van der Waals surface area contributed by atoms with E-state index in [0.717, 1.165) is 12.8 Å². The third-order valence-corrected chi connectivity index (χ3v) is 6.30. The molecule has 116 valence electrons. The van der Waals surface area contributed by atoms with Gasteiger partial charge >= 0.3 is 0 Å². The third-order valence-electron chi connectivity index (χ3n) is 6.30. The number of amides is 1. The van der Waals surface area contributed by atoms with Crippen LogP contribution in [0.2, 0.25) is 0 Å². The second-order valence-corrected chi connectivity index (χ2v) is 7.75. The Balaban J connectivity index is 1.97. The van der Waals surface area contributed by atoms with Gasteiger partial charge in [0.2, 0.25) is 5.91 Å². The largest absolute Gasteiger partial charge is 0.353 e. The van der Waals surface area contributed by atoms with Crippen molar-refractivity contribution < 1.29 is 4.79 Å². The number of carbonyl (C=O) groups is 1. The molecule has 0 saturated heterocycles. The molecule has 0 aliphatic heterocycles. The first kappa shape index (κ1) is 15.8. The smallest absolute Gasteiger partial charge is 0.223 e. The topological polar surface area (TPSA) is 55.1 Å². The minimum absolute atomic E-state index is 0.00283. The van der Waals surface area contributed by atoms with E-state index >= 15 is 0 Å². The predicted molar refractivity (Wildman–Crippen MR) is 83.2 cm³/mol. The Labute approximate surface area is 124 Å². The normalized spacial score (nSPS) is 35.8. The molecular weight excluding hydrogens is 248 g/mol. The first-order chi connectivity index (χ1) is 9.34. The van der Waals surface area contributed by atoms with Crippen molar-refractivity contribution in [2.24, 2.45) is 28.9 Å². The van der Waals surface area contributed by atoms with Crippen LogP contribution in [0.15, 0.2) is 0 Å². The second kappa shape index (κ2) is 6.05. The summed E-state index contributed by atoms with van der Waals surface area (Å²) in [7, 11) is 0. The highest BCUT2D eigenvalue weighted by atomic mass is 16.2. The molecule has 0 aromatic rings. The molecule has 2 aliphatic carbocycles. The Hall–Kier alpha value is -0.570. The van der Waals surface area contributed by atoms with E-state index in [9.17, 15) is 4.79 Å². The first-order valence-electron chi connectivity index (χ1n) is 8.40. The molecule has 0 spiro atoms. The molecule has 2 saturated carbocycles. The molecule has 3 N–H and O–H groups in total. The summed E-state index contributed by atoms with van der Waals surface area (Å²) >= 11 is 0. The number of nitrogens with two attached hydrogens (primary N) is 1. The van der Waals surface area contributed by atoms with E-state index in [0.29, 0.717) is 17.9 Å². The van der Waals surface area contributed by atoms with Gasteiger partial charge in [-0.15, -0.1) is 0 Å². The van der Waals surface area contributed by atoms with Crippen molar-refractivity contribution in [2.45, 2.75) is 78.3 Å². The van der Waals surface area contributed by atoms with Crippen molar-refractivity contribution in [2.75, 3.05) is 0 Å². The number of hydrogen-bond acceptors (Lipinski definition) is 2. The summed E-state index contributed by atoms with van der Waals surface area (Å²) < 4.78 is 0. The highest BCUT2D eigenvalue weighted by Gasteiger charge is 2.45. The molecule has 0 aromatic carbocycles. The van der Waals surface area contributed by atoms with Crippen LogP contribution < -0.4 is 11.1 Å². The lowest BCUT2D eigenvalue weighted by molar-refractivity contribution is -0.133. The maximum Gasteiger partial charge on any atom is 0.223 e. The standard InChI is InChI=1S/C17H32N2O/c1-11-15(18)10-9-14(17(11,3)4)16(20)19-12(2)13-7-5-6-8-13/h11-15H,5-10,18H2,1-4H3,(H,19,20)/t11?,12-,14?,15?/m0/s1. The molecule has 2 aliphatic rings. The van der Waals surface area contributed by atoms with Crippen LogP contribution in [0.5, 0.6) is 0 Å². The second-order valence-electron chi connectivity index (χ2n) is 7.75. The van der Waals surface area contributed by atoms with Crippen LogP contribution in [0.3, 0.4) is 0 Å². The molecule has 20 heavy (non-hydrogen) atoms. The van der Waals surface area contributed by atoms with Crippen molar-refractivity contribution in [3.63, 3.8) is 0 Å². The number of hydrogen-bond donors (Lipinski definition) is 2. The molecular formula is C17H32N2O. The fourth-order valence-corrected chi connectivity index (χ4v) is 4.22. The van der Waals surface area contributed by atoms with Crippen LogP contribution in [-0.2, 0) is 4.79 Å². The van der Waals surface area contributed by atoms with E-state index in [1.54, 1.807) is 0 Å². The van der Waals surface area contributed by atoms with Crippen LogP contribution in [0, 0.1) is 23.2 Å². The average molecular weight is 280 g/mol. The zero-order valence-corrected chi connectivity index (χ0v) is 13.6. The molecule has 0 aromatic heterocycles. The van der Waals surface area contributed by atoms with Crippen LogP contribution in [0.4, 0.5) is 0 Å². The van der Waals surface area contributed by atoms with Crippen LogP contribution >= 0.6 is 0 Å². The lowest BCUT2D eigenvalue weighted by atomic mass is 9.61. The van der Waals surface area contributed by atoms with Gasteiger partial charge in [-0.3, -0.25) is 4.79 Å². The Bertz CT molecular complexity index is 347. The van der Waals surface area contributed by atoms with Crippen molar-refractivity contribution in [1.29, 1.82) is 0 Å². The van der Waals surface area contributed by atoms with Crippen molar-refractivity contribution >= 4 is 5.91 Å². The van der Waals surface area contributed by atoms with Gasteiger partial charge in [-0.25, -0.2) is 0 Å². The van der Waals surface area contributed by atoms with Crippen LogP contribution in [-0.4, -0.2) is 18.0 Å². The van der Waals surface area contributed by atoms with E-state index in [1.165, 1.54) is 25.7 Å². The van der Waals surface area contributed by atoms with Crippen molar-refractivity contribution in [3.05, 3.63) is 0 Å². The Morgan fingerprint density at radius 1 is 1.20 bits per heavy atom.